The number of pyridine rings is 2. The molecule has 4 nitrogen and oxygen atoms in total. The molecule has 1 atom stereocenters. The standard InChI is InChI=1S/C16H19ClN4/c1-3-4-5-15(18)12-8-14(17)16(20-9-12)21-13-7-6-11(2)19-10-13/h3,6-10,15H,1,4-5,18H2,2H3,(H,20,21)/t15-/m1/s1. The predicted molar refractivity (Wildman–Crippen MR) is 87.9 cm³/mol. The van der Waals surface area contributed by atoms with Crippen LogP contribution in [0.4, 0.5) is 11.5 Å². The Hall–Kier alpha value is -1.91. The highest BCUT2D eigenvalue weighted by Crippen LogP contribution is 2.26. The fraction of sp³-hybridized carbons (Fsp3) is 0.250. The van der Waals surface area contributed by atoms with Crippen molar-refractivity contribution < 1.29 is 0 Å². The van der Waals surface area contributed by atoms with Crippen LogP contribution in [0.3, 0.4) is 0 Å². The van der Waals surface area contributed by atoms with E-state index in [1.807, 2.05) is 31.2 Å². The molecule has 0 saturated carbocycles. The molecule has 0 aromatic carbocycles. The molecule has 0 radical (unpaired) electrons. The van der Waals surface area contributed by atoms with Gasteiger partial charge >= 0.3 is 0 Å². The molecule has 0 unspecified atom stereocenters. The summed E-state index contributed by atoms with van der Waals surface area (Å²) in [5.41, 5.74) is 8.83. The summed E-state index contributed by atoms with van der Waals surface area (Å²) in [6.07, 6.45) is 7.06. The van der Waals surface area contributed by atoms with Gasteiger partial charge in [0.1, 0.15) is 5.82 Å². The molecule has 2 heterocycles. The summed E-state index contributed by atoms with van der Waals surface area (Å²) >= 11 is 6.27. The summed E-state index contributed by atoms with van der Waals surface area (Å²) in [6, 6.07) is 5.63. The average molecular weight is 303 g/mol. The lowest BCUT2D eigenvalue weighted by Crippen LogP contribution is -2.10. The average Bonchev–Trinajstić information content (AvgIpc) is 2.49. The van der Waals surface area contributed by atoms with Gasteiger partial charge in [0, 0.05) is 17.9 Å². The van der Waals surface area contributed by atoms with Crippen LogP contribution in [0.5, 0.6) is 0 Å². The lowest BCUT2D eigenvalue weighted by atomic mass is 10.1. The van der Waals surface area contributed by atoms with E-state index in [1.165, 1.54) is 0 Å². The van der Waals surface area contributed by atoms with Crippen LogP contribution in [0.25, 0.3) is 0 Å². The molecule has 0 saturated heterocycles. The van der Waals surface area contributed by atoms with Crippen molar-refractivity contribution in [3.63, 3.8) is 0 Å². The van der Waals surface area contributed by atoms with E-state index in [2.05, 4.69) is 21.9 Å². The summed E-state index contributed by atoms with van der Waals surface area (Å²) < 4.78 is 0. The van der Waals surface area contributed by atoms with E-state index in [0.29, 0.717) is 10.8 Å². The molecule has 0 fully saturated rings. The van der Waals surface area contributed by atoms with Gasteiger partial charge in [-0.05, 0) is 43.5 Å². The maximum atomic E-state index is 6.27. The Morgan fingerprint density at radius 2 is 2.19 bits per heavy atom. The number of halogens is 1. The molecular weight excluding hydrogens is 284 g/mol. The van der Waals surface area contributed by atoms with Crippen molar-refractivity contribution in [2.24, 2.45) is 5.73 Å². The normalized spacial score (nSPS) is 12.0. The summed E-state index contributed by atoms with van der Waals surface area (Å²) in [7, 11) is 0. The summed E-state index contributed by atoms with van der Waals surface area (Å²) in [6.45, 7) is 5.64. The topological polar surface area (TPSA) is 63.8 Å². The van der Waals surface area contributed by atoms with Crippen LogP contribution < -0.4 is 11.1 Å². The molecule has 21 heavy (non-hydrogen) atoms. The Morgan fingerprint density at radius 1 is 1.38 bits per heavy atom. The predicted octanol–water partition coefficient (Wildman–Crippen LogP) is 4.15. The Morgan fingerprint density at radius 3 is 2.81 bits per heavy atom. The van der Waals surface area contributed by atoms with Crippen molar-refractivity contribution in [3.8, 4) is 0 Å². The van der Waals surface area contributed by atoms with Crippen molar-refractivity contribution in [2.45, 2.75) is 25.8 Å². The van der Waals surface area contributed by atoms with Gasteiger partial charge in [-0.1, -0.05) is 17.7 Å². The molecular formula is C16H19ClN4. The Kier molecular flexibility index (Phi) is 5.31. The van der Waals surface area contributed by atoms with Gasteiger partial charge in [0.05, 0.1) is 16.9 Å². The van der Waals surface area contributed by atoms with E-state index in [9.17, 15) is 0 Å². The van der Waals surface area contributed by atoms with Crippen molar-refractivity contribution >= 4 is 23.1 Å². The van der Waals surface area contributed by atoms with Gasteiger partial charge in [-0.2, -0.15) is 0 Å². The van der Waals surface area contributed by atoms with E-state index >= 15 is 0 Å². The number of nitrogens with zero attached hydrogens (tertiary/aromatic N) is 2. The molecule has 5 heteroatoms. The summed E-state index contributed by atoms with van der Waals surface area (Å²) in [5, 5.41) is 3.69. The van der Waals surface area contributed by atoms with Crippen LogP contribution in [0.2, 0.25) is 5.02 Å². The first-order valence-electron chi connectivity index (χ1n) is 6.81. The third-order valence-corrected chi connectivity index (χ3v) is 3.43. The van der Waals surface area contributed by atoms with Crippen LogP contribution >= 0.6 is 11.6 Å². The minimum atomic E-state index is -0.0805. The second-order valence-corrected chi connectivity index (χ2v) is 5.29. The van der Waals surface area contributed by atoms with Gasteiger partial charge in [0.15, 0.2) is 0 Å². The first-order chi connectivity index (χ1) is 10.1. The second-order valence-electron chi connectivity index (χ2n) is 4.88. The first-order valence-corrected chi connectivity index (χ1v) is 7.19. The molecule has 2 aromatic heterocycles. The highest BCUT2D eigenvalue weighted by molar-refractivity contribution is 6.33. The fourth-order valence-corrected chi connectivity index (χ4v) is 2.11. The zero-order valence-electron chi connectivity index (χ0n) is 12.0. The van der Waals surface area contributed by atoms with Crippen molar-refractivity contribution in [2.75, 3.05) is 5.32 Å². The lowest BCUT2D eigenvalue weighted by molar-refractivity contribution is 0.659. The molecule has 0 amide bonds. The number of nitrogens with two attached hydrogens (primary N) is 1. The third-order valence-electron chi connectivity index (χ3n) is 3.15. The molecule has 3 N–H and O–H groups in total. The van der Waals surface area contributed by atoms with Gasteiger partial charge < -0.3 is 11.1 Å². The smallest absolute Gasteiger partial charge is 0.149 e. The van der Waals surface area contributed by atoms with Crippen molar-refractivity contribution in [3.05, 3.63) is 59.5 Å². The maximum Gasteiger partial charge on any atom is 0.149 e. The van der Waals surface area contributed by atoms with Crippen LogP contribution in [0, 0.1) is 6.92 Å². The highest BCUT2D eigenvalue weighted by atomic mass is 35.5. The van der Waals surface area contributed by atoms with Crippen LogP contribution in [0.15, 0.2) is 43.2 Å². The number of hydrogen-bond acceptors (Lipinski definition) is 4. The second kappa shape index (κ2) is 7.20. The summed E-state index contributed by atoms with van der Waals surface area (Å²) in [4.78, 5) is 8.57. The van der Waals surface area contributed by atoms with E-state index in [0.717, 1.165) is 29.8 Å². The number of anilines is 2. The highest BCUT2D eigenvalue weighted by Gasteiger charge is 2.09. The molecule has 0 bridgehead atoms. The number of hydrogen-bond donors (Lipinski definition) is 2. The fourth-order valence-electron chi connectivity index (χ4n) is 1.89. The zero-order valence-corrected chi connectivity index (χ0v) is 12.8. The maximum absolute atomic E-state index is 6.27. The molecule has 0 aliphatic rings. The number of rotatable bonds is 6. The van der Waals surface area contributed by atoms with E-state index in [-0.39, 0.29) is 6.04 Å². The van der Waals surface area contributed by atoms with Gasteiger partial charge in [-0.25, -0.2) is 4.98 Å². The number of nitrogens with one attached hydrogen (secondary N) is 1. The van der Waals surface area contributed by atoms with Crippen molar-refractivity contribution in [1.82, 2.24) is 9.97 Å². The zero-order chi connectivity index (χ0) is 15.2. The largest absolute Gasteiger partial charge is 0.338 e. The lowest BCUT2D eigenvalue weighted by Gasteiger charge is -2.13. The quantitative estimate of drug-likeness (QED) is 0.787. The van der Waals surface area contributed by atoms with E-state index in [4.69, 9.17) is 17.3 Å². The molecule has 2 rings (SSSR count). The van der Waals surface area contributed by atoms with E-state index in [1.54, 1.807) is 12.4 Å². The Bertz CT molecular complexity index is 610. The molecule has 0 aliphatic heterocycles. The van der Waals surface area contributed by atoms with Gasteiger partial charge in [0.25, 0.3) is 0 Å². The van der Waals surface area contributed by atoms with Crippen molar-refractivity contribution in [1.29, 1.82) is 0 Å². The number of allylic oxidation sites excluding steroid dienone is 1. The minimum absolute atomic E-state index is 0.0805. The third kappa shape index (κ3) is 4.28. The molecule has 2 aromatic rings. The molecule has 0 spiro atoms. The number of aryl methyl sites for hydroxylation is 1. The van der Waals surface area contributed by atoms with Gasteiger partial charge in [-0.3, -0.25) is 4.98 Å². The van der Waals surface area contributed by atoms with Gasteiger partial charge in [0.2, 0.25) is 0 Å². The number of aromatic nitrogens is 2. The Balaban J connectivity index is 2.11. The molecule has 110 valence electrons. The minimum Gasteiger partial charge on any atom is -0.338 e. The molecule has 0 aliphatic carbocycles. The van der Waals surface area contributed by atoms with E-state index < -0.39 is 0 Å². The van der Waals surface area contributed by atoms with Gasteiger partial charge in [-0.15, -0.1) is 6.58 Å². The summed E-state index contributed by atoms with van der Waals surface area (Å²) in [5.74, 6) is 0.599. The Labute approximate surface area is 130 Å². The van der Waals surface area contributed by atoms with Crippen LogP contribution in [-0.4, -0.2) is 9.97 Å². The van der Waals surface area contributed by atoms with Crippen LogP contribution in [-0.2, 0) is 0 Å². The monoisotopic (exact) mass is 302 g/mol. The SMILES string of the molecule is C=CCC[C@@H](N)c1cnc(Nc2ccc(C)nc2)c(Cl)c1. The first kappa shape index (κ1) is 15.5. The van der Waals surface area contributed by atoms with Crippen LogP contribution in [0.1, 0.15) is 30.1 Å².